The van der Waals surface area contributed by atoms with Gasteiger partial charge in [0.1, 0.15) is 11.9 Å². The highest BCUT2D eigenvalue weighted by molar-refractivity contribution is 5.84. The zero-order valence-electron chi connectivity index (χ0n) is 10.2. The number of carboxylic acids is 1. The summed E-state index contributed by atoms with van der Waals surface area (Å²) in [5, 5.41) is 10.9. The highest BCUT2D eigenvalue weighted by atomic mass is 19.1. The molecule has 1 unspecified atom stereocenters. The van der Waals surface area contributed by atoms with E-state index in [2.05, 4.69) is 11.2 Å². The summed E-state index contributed by atoms with van der Waals surface area (Å²) in [6.45, 7) is -0.614. The average Bonchev–Trinajstić information content (AvgIpc) is 2.37. The number of hydrogen-bond donors (Lipinski definition) is 2. The second-order valence-electron chi connectivity index (χ2n) is 3.73. The van der Waals surface area contributed by atoms with Crippen LogP contribution in [0.25, 0.3) is 0 Å². The van der Waals surface area contributed by atoms with Gasteiger partial charge in [0.15, 0.2) is 18.2 Å². The first-order chi connectivity index (χ1) is 9.43. The van der Waals surface area contributed by atoms with Crippen molar-refractivity contribution in [1.82, 2.24) is 5.32 Å². The van der Waals surface area contributed by atoms with E-state index in [1.54, 1.807) is 0 Å². The molecule has 0 bridgehead atoms. The quantitative estimate of drug-likeness (QED) is 0.762. The standard InChI is InChI=1S/C13H11F2NO4/c1-2-3-10(13(18)19)16-12(17)7-20-11-5-4-8(14)6-9(11)15/h1,4-6,10H,3,7H2,(H,16,17)(H,18,19). The fourth-order valence-electron chi connectivity index (χ4n) is 1.29. The van der Waals surface area contributed by atoms with Crippen LogP contribution in [0.15, 0.2) is 18.2 Å². The number of carbonyl (C=O) groups is 2. The molecule has 1 atom stereocenters. The highest BCUT2D eigenvalue weighted by Gasteiger charge is 2.19. The molecule has 0 saturated carbocycles. The number of carboxylic acid groups (broad SMARTS) is 1. The zero-order chi connectivity index (χ0) is 15.1. The van der Waals surface area contributed by atoms with Crippen LogP contribution in [0.2, 0.25) is 0 Å². The molecule has 0 aliphatic carbocycles. The predicted octanol–water partition coefficient (Wildman–Crippen LogP) is 0.936. The Labute approximate surface area is 113 Å². The van der Waals surface area contributed by atoms with Crippen molar-refractivity contribution in [3.63, 3.8) is 0 Å². The van der Waals surface area contributed by atoms with Gasteiger partial charge in [-0.3, -0.25) is 4.79 Å². The molecule has 1 aromatic carbocycles. The van der Waals surface area contributed by atoms with Crippen molar-refractivity contribution in [3.8, 4) is 18.1 Å². The molecular formula is C13H11F2NO4. The van der Waals surface area contributed by atoms with Crippen molar-refractivity contribution >= 4 is 11.9 Å². The average molecular weight is 283 g/mol. The van der Waals surface area contributed by atoms with Crippen LogP contribution in [0.3, 0.4) is 0 Å². The number of halogens is 2. The molecule has 2 N–H and O–H groups in total. The lowest BCUT2D eigenvalue weighted by Crippen LogP contribution is -2.42. The molecule has 5 nitrogen and oxygen atoms in total. The van der Waals surface area contributed by atoms with Crippen molar-refractivity contribution < 1.29 is 28.2 Å². The number of nitrogens with one attached hydrogen (secondary N) is 1. The van der Waals surface area contributed by atoms with Crippen LogP contribution in [0, 0.1) is 24.0 Å². The first-order valence-electron chi connectivity index (χ1n) is 5.47. The van der Waals surface area contributed by atoms with Crippen LogP contribution in [-0.2, 0) is 9.59 Å². The van der Waals surface area contributed by atoms with Gasteiger partial charge in [-0.05, 0) is 12.1 Å². The monoisotopic (exact) mass is 283 g/mol. The number of terminal acetylenes is 1. The van der Waals surface area contributed by atoms with E-state index in [-0.39, 0.29) is 12.2 Å². The Balaban J connectivity index is 2.55. The second kappa shape index (κ2) is 7.09. The molecule has 7 heteroatoms. The molecule has 0 aliphatic rings. The van der Waals surface area contributed by atoms with Gasteiger partial charge in [0.2, 0.25) is 0 Å². The minimum absolute atomic E-state index is 0.189. The molecule has 1 rings (SSSR count). The Morgan fingerprint density at radius 3 is 2.70 bits per heavy atom. The lowest BCUT2D eigenvalue weighted by molar-refractivity contribution is -0.141. The largest absolute Gasteiger partial charge is 0.481 e. The maximum atomic E-state index is 13.2. The van der Waals surface area contributed by atoms with E-state index in [0.29, 0.717) is 6.07 Å². The normalized spacial score (nSPS) is 11.2. The first-order valence-corrected chi connectivity index (χ1v) is 5.47. The summed E-state index contributed by atoms with van der Waals surface area (Å²) in [6, 6.07) is 1.35. The third-order valence-corrected chi connectivity index (χ3v) is 2.21. The summed E-state index contributed by atoms with van der Waals surface area (Å²) < 4.78 is 30.6. The molecule has 0 fully saturated rings. The number of rotatable bonds is 6. The van der Waals surface area contributed by atoms with E-state index in [9.17, 15) is 18.4 Å². The predicted molar refractivity (Wildman–Crippen MR) is 64.9 cm³/mol. The fraction of sp³-hybridized carbons (Fsp3) is 0.231. The summed E-state index contributed by atoms with van der Waals surface area (Å²) in [7, 11) is 0. The number of hydrogen-bond acceptors (Lipinski definition) is 3. The van der Waals surface area contributed by atoms with Crippen LogP contribution in [0.4, 0.5) is 8.78 Å². The van der Waals surface area contributed by atoms with Gasteiger partial charge in [0, 0.05) is 12.5 Å². The fourth-order valence-corrected chi connectivity index (χ4v) is 1.29. The Hall–Kier alpha value is -2.62. The van der Waals surface area contributed by atoms with Gasteiger partial charge in [-0.1, -0.05) is 0 Å². The summed E-state index contributed by atoms with van der Waals surface area (Å²) in [5.41, 5.74) is 0. The first kappa shape index (κ1) is 15.4. The zero-order valence-corrected chi connectivity index (χ0v) is 10.2. The topological polar surface area (TPSA) is 75.6 Å². The second-order valence-corrected chi connectivity index (χ2v) is 3.73. The van der Waals surface area contributed by atoms with Gasteiger partial charge in [-0.2, -0.15) is 0 Å². The Kier molecular flexibility index (Phi) is 5.47. The van der Waals surface area contributed by atoms with Crippen LogP contribution in [0.5, 0.6) is 5.75 Å². The van der Waals surface area contributed by atoms with Crippen molar-refractivity contribution in [1.29, 1.82) is 0 Å². The van der Waals surface area contributed by atoms with Crippen molar-refractivity contribution in [2.45, 2.75) is 12.5 Å². The number of carbonyl (C=O) groups excluding carboxylic acids is 1. The van der Waals surface area contributed by atoms with Crippen LogP contribution < -0.4 is 10.1 Å². The molecule has 20 heavy (non-hydrogen) atoms. The lowest BCUT2D eigenvalue weighted by Gasteiger charge is -2.12. The van der Waals surface area contributed by atoms with Crippen LogP contribution in [-0.4, -0.2) is 29.6 Å². The van der Waals surface area contributed by atoms with Gasteiger partial charge < -0.3 is 15.2 Å². The lowest BCUT2D eigenvalue weighted by atomic mass is 10.2. The highest BCUT2D eigenvalue weighted by Crippen LogP contribution is 2.17. The molecule has 0 aliphatic heterocycles. The van der Waals surface area contributed by atoms with Gasteiger partial charge >= 0.3 is 5.97 Å². The van der Waals surface area contributed by atoms with E-state index < -0.39 is 36.2 Å². The summed E-state index contributed by atoms with van der Waals surface area (Å²) in [5.74, 6) is -2.02. The van der Waals surface area contributed by atoms with Gasteiger partial charge in [-0.25, -0.2) is 13.6 Å². The molecule has 0 spiro atoms. The number of benzene rings is 1. The van der Waals surface area contributed by atoms with Crippen LogP contribution in [0.1, 0.15) is 6.42 Å². The molecule has 0 heterocycles. The van der Waals surface area contributed by atoms with E-state index in [1.165, 1.54) is 0 Å². The van der Waals surface area contributed by atoms with Crippen molar-refractivity contribution in [3.05, 3.63) is 29.8 Å². The molecular weight excluding hydrogens is 272 g/mol. The number of ether oxygens (including phenoxy) is 1. The number of amides is 1. The number of aliphatic carboxylic acids is 1. The summed E-state index contributed by atoms with van der Waals surface area (Å²) in [4.78, 5) is 22.2. The smallest absolute Gasteiger partial charge is 0.327 e. The molecule has 0 radical (unpaired) electrons. The minimum atomic E-state index is -1.29. The molecule has 1 aromatic rings. The van der Waals surface area contributed by atoms with Crippen LogP contribution >= 0.6 is 0 Å². The summed E-state index contributed by atoms with van der Waals surface area (Å²) in [6.07, 6.45) is 4.77. The maximum Gasteiger partial charge on any atom is 0.327 e. The van der Waals surface area contributed by atoms with Crippen molar-refractivity contribution in [2.75, 3.05) is 6.61 Å². The van der Waals surface area contributed by atoms with E-state index in [0.717, 1.165) is 12.1 Å². The minimum Gasteiger partial charge on any atom is -0.481 e. The Bertz CT molecular complexity index is 554. The SMILES string of the molecule is C#CCC(NC(=O)COc1ccc(F)cc1F)C(=O)O. The van der Waals surface area contributed by atoms with Gasteiger partial charge in [0.05, 0.1) is 0 Å². The van der Waals surface area contributed by atoms with Crippen molar-refractivity contribution in [2.24, 2.45) is 0 Å². The molecule has 1 amide bonds. The third kappa shape index (κ3) is 4.57. The van der Waals surface area contributed by atoms with E-state index in [1.807, 2.05) is 0 Å². The maximum absolute atomic E-state index is 13.2. The third-order valence-electron chi connectivity index (χ3n) is 2.21. The Morgan fingerprint density at radius 2 is 2.15 bits per heavy atom. The van der Waals surface area contributed by atoms with Gasteiger partial charge in [0.25, 0.3) is 5.91 Å². The van der Waals surface area contributed by atoms with E-state index in [4.69, 9.17) is 16.3 Å². The molecule has 0 saturated heterocycles. The Morgan fingerprint density at radius 1 is 1.45 bits per heavy atom. The van der Waals surface area contributed by atoms with E-state index >= 15 is 0 Å². The van der Waals surface area contributed by atoms with Gasteiger partial charge in [-0.15, -0.1) is 12.3 Å². The molecule has 106 valence electrons. The molecule has 0 aromatic heterocycles. The summed E-state index contributed by atoms with van der Waals surface area (Å²) >= 11 is 0.